The van der Waals surface area contributed by atoms with E-state index >= 15 is 0 Å². The highest BCUT2D eigenvalue weighted by Gasteiger charge is 2.21. The number of ether oxygens (including phenoxy) is 1. The van der Waals surface area contributed by atoms with Crippen molar-refractivity contribution < 1.29 is 14.3 Å². The molecule has 24 heavy (non-hydrogen) atoms. The Balaban J connectivity index is 1.57. The van der Waals surface area contributed by atoms with Crippen LogP contribution < -0.4 is 5.32 Å². The number of nitrogens with one attached hydrogen (secondary N) is 1. The largest absolute Gasteiger partial charge is 0.462 e. The fourth-order valence-electron chi connectivity index (χ4n) is 3.24. The number of anilines is 1. The zero-order valence-corrected chi connectivity index (χ0v) is 14.4. The Hall–Kier alpha value is -1.82. The van der Waals surface area contributed by atoms with Gasteiger partial charge in [-0.15, -0.1) is 0 Å². The summed E-state index contributed by atoms with van der Waals surface area (Å²) < 4.78 is 11.3. The molecule has 0 spiro atoms. The minimum absolute atomic E-state index is 0.0636. The molecule has 2 aromatic rings. The van der Waals surface area contributed by atoms with Gasteiger partial charge in [-0.2, -0.15) is 0 Å². The molecular formula is C19H26N2O3. The second-order valence-electron chi connectivity index (χ2n) is 6.53. The summed E-state index contributed by atoms with van der Waals surface area (Å²) in [5.41, 5.74) is 2.36. The van der Waals surface area contributed by atoms with E-state index in [0.29, 0.717) is 12.3 Å². The molecule has 0 bridgehead atoms. The van der Waals surface area contributed by atoms with Gasteiger partial charge in [0, 0.05) is 25.3 Å². The normalized spacial score (nSPS) is 21.8. The average molecular weight is 330 g/mol. The van der Waals surface area contributed by atoms with Crippen molar-refractivity contribution in [3.05, 3.63) is 53.5 Å². The number of rotatable bonds is 6. The molecule has 1 aliphatic rings. The van der Waals surface area contributed by atoms with E-state index < -0.39 is 0 Å². The summed E-state index contributed by atoms with van der Waals surface area (Å²) in [6.45, 7) is 7.68. The third-order valence-electron chi connectivity index (χ3n) is 4.17. The molecule has 3 rings (SSSR count). The van der Waals surface area contributed by atoms with Crippen LogP contribution in [0.3, 0.4) is 0 Å². The van der Waals surface area contributed by atoms with Crippen LogP contribution in [0.4, 0.5) is 5.69 Å². The molecule has 0 radical (unpaired) electrons. The number of morpholine rings is 1. The lowest BCUT2D eigenvalue weighted by Crippen LogP contribution is -2.44. The smallest absolute Gasteiger partial charge is 0.129 e. The zero-order chi connectivity index (χ0) is 16.9. The van der Waals surface area contributed by atoms with E-state index in [2.05, 4.69) is 48.3 Å². The molecule has 1 aromatic carbocycles. The summed E-state index contributed by atoms with van der Waals surface area (Å²) in [5.74, 6) is 1.41. The minimum Gasteiger partial charge on any atom is -0.462 e. The Morgan fingerprint density at radius 3 is 2.58 bits per heavy atom. The number of hydrogen-bond donors (Lipinski definition) is 2. The summed E-state index contributed by atoms with van der Waals surface area (Å²) in [5, 5.41) is 12.4. The first-order chi connectivity index (χ1) is 11.6. The third-order valence-corrected chi connectivity index (χ3v) is 4.17. The van der Waals surface area contributed by atoms with Crippen molar-refractivity contribution in [2.24, 2.45) is 0 Å². The molecule has 5 heteroatoms. The van der Waals surface area contributed by atoms with Crippen molar-refractivity contribution in [1.82, 2.24) is 4.90 Å². The van der Waals surface area contributed by atoms with Crippen molar-refractivity contribution in [2.45, 2.75) is 45.8 Å². The Morgan fingerprint density at radius 2 is 1.88 bits per heavy atom. The van der Waals surface area contributed by atoms with E-state index in [1.54, 1.807) is 6.07 Å². The molecule has 130 valence electrons. The van der Waals surface area contributed by atoms with Crippen LogP contribution in [0.1, 0.15) is 30.9 Å². The summed E-state index contributed by atoms with van der Waals surface area (Å²) in [7, 11) is 0. The molecule has 2 atom stereocenters. The lowest BCUT2D eigenvalue weighted by atomic mass is 10.1. The van der Waals surface area contributed by atoms with Crippen LogP contribution in [0.25, 0.3) is 0 Å². The van der Waals surface area contributed by atoms with Gasteiger partial charge in [0.15, 0.2) is 0 Å². The maximum atomic E-state index is 9.04. The predicted molar refractivity (Wildman–Crippen MR) is 93.7 cm³/mol. The molecule has 1 fully saturated rings. The van der Waals surface area contributed by atoms with E-state index in [-0.39, 0.29) is 18.8 Å². The highest BCUT2D eigenvalue weighted by Crippen LogP contribution is 2.18. The van der Waals surface area contributed by atoms with Crippen LogP contribution in [0.2, 0.25) is 0 Å². The molecule has 2 N–H and O–H groups in total. The van der Waals surface area contributed by atoms with Crippen LogP contribution >= 0.6 is 0 Å². The lowest BCUT2D eigenvalue weighted by Gasteiger charge is -2.35. The number of hydrogen-bond acceptors (Lipinski definition) is 5. The van der Waals surface area contributed by atoms with Crippen LogP contribution in [0.5, 0.6) is 0 Å². The number of benzene rings is 1. The van der Waals surface area contributed by atoms with Gasteiger partial charge in [-0.05, 0) is 43.7 Å². The SMILES string of the molecule is C[C@@H]1CN(Cc2cccc(NCc3ccc(CO)o3)c2)C[C@@H](C)O1. The van der Waals surface area contributed by atoms with Gasteiger partial charge in [0.25, 0.3) is 0 Å². The number of aliphatic hydroxyl groups excluding tert-OH is 1. The molecule has 0 aliphatic carbocycles. The van der Waals surface area contributed by atoms with Gasteiger partial charge >= 0.3 is 0 Å². The molecule has 5 nitrogen and oxygen atoms in total. The van der Waals surface area contributed by atoms with E-state index in [4.69, 9.17) is 14.3 Å². The first-order valence-corrected chi connectivity index (χ1v) is 8.51. The first-order valence-electron chi connectivity index (χ1n) is 8.51. The van der Waals surface area contributed by atoms with Crippen LogP contribution in [-0.2, 0) is 24.4 Å². The molecule has 1 aliphatic heterocycles. The highest BCUT2D eigenvalue weighted by atomic mass is 16.5. The van der Waals surface area contributed by atoms with Gasteiger partial charge in [0.1, 0.15) is 18.1 Å². The zero-order valence-electron chi connectivity index (χ0n) is 14.4. The van der Waals surface area contributed by atoms with E-state index in [9.17, 15) is 0 Å². The number of aliphatic hydroxyl groups is 1. The van der Waals surface area contributed by atoms with Crippen molar-refractivity contribution in [3.63, 3.8) is 0 Å². The highest BCUT2D eigenvalue weighted by molar-refractivity contribution is 5.45. The summed E-state index contributed by atoms with van der Waals surface area (Å²) >= 11 is 0. The standard InChI is InChI=1S/C19H26N2O3/c1-14-10-21(11-15(2)23-14)12-16-4-3-5-17(8-16)20-9-18-6-7-19(13-22)24-18/h3-8,14-15,20,22H,9-13H2,1-2H3/t14-,15-/m1/s1. The molecule has 0 amide bonds. The molecular weight excluding hydrogens is 304 g/mol. The van der Waals surface area contributed by atoms with Crippen LogP contribution in [-0.4, -0.2) is 35.3 Å². The Morgan fingerprint density at radius 1 is 1.12 bits per heavy atom. The lowest BCUT2D eigenvalue weighted by molar-refractivity contribution is -0.0704. The summed E-state index contributed by atoms with van der Waals surface area (Å²) in [6.07, 6.45) is 0.574. The maximum Gasteiger partial charge on any atom is 0.129 e. The minimum atomic E-state index is -0.0636. The average Bonchev–Trinajstić information content (AvgIpc) is 3.00. The summed E-state index contributed by atoms with van der Waals surface area (Å²) in [4.78, 5) is 2.44. The van der Waals surface area contributed by atoms with Gasteiger partial charge in [-0.25, -0.2) is 0 Å². The molecule has 1 saturated heterocycles. The van der Waals surface area contributed by atoms with Crippen molar-refractivity contribution in [2.75, 3.05) is 18.4 Å². The molecule has 0 unspecified atom stereocenters. The quantitative estimate of drug-likeness (QED) is 0.853. The van der Waals surface area contributed by atoms with Crippen molar-refractivity contribution in [3.8, 4) is 0 Å². The fourth-order valence-corrected chi connectivity index (χ4v) is 3.24. The van der Waals surface area contributed by atoms with Crippen molar-refractivity contribution in [1.29, 1.82) is 0 Å². The third kappa shape index (κ3) is 4.60. The second-order valence-corrected chi connectivity index (χ2v) is 6.53. The van der Waals surface area contributed by atoms with Gasteiger partial charge < -0.3 is 19.6 Å². The van der Waals surface area contributed by atoms with Gasteiger partial charge in [-0.3, -0.25) is 4.90 Å². The summed E-state index contributed by atoms with van der Waals surface area (Å²) in [6, 6.07) is 12.2. The van der Waals surface area contributed by atoms with Gasteiger partial charge in [-0.1, -0.05) is 12.1 Å². The Bertz CT molecular complexity index is 646. The van der Waals surface area contributed by atoms with Crippen LogP contribution in [0.15, 0.2) is 40.8 Å². The van der Waals surface area contributed by atoms with E-state index in [1.807, 2.05) is 6.07 Å². The van der Waals surface area contributed by atoms with E-state index in [0.717, 1.165) is 31.1 Å². The second kappa shape index (κ2) is 7.83. The van der Waals surface area contributed by atoms with Crippen molar-refractivity contribution >= 4 is 5.69 Å². The fraction of sp³-hybridized carbons (Fsp3) is 0.474. The van der Waals surface area contributed by atoms with Crippen LogP contribution in [0, 0.1) is 0 Å². The number of furan rings is 1. The maximum absolute atomic E-state index is 9.04. The predicted octanol–water partition coefficient (Wildman–Crippen LogP) is 2.99. The van der Waals surface area contributed by atoms with Gasteiger partial charge in [0.05, 0.1) is 18.8 Å². The molecule has 0 saturated carbocycles. The topological polar surface area (TPSA) is 57.9 Å². The first kappa shape index (κ1) is 17.0. The van der Waals surface area contributed by atoms with E-state index in [1.165, 1.54) is 5.56 Å². The molecule has 2 heterocycles. The monoisotopic (exact) mass is 330 g/mol. The van der Waals surface area contributed by atoms with Gasteiger partial charge in [0.2, 0.25) is 0 Å². The Labute approximate surface area is 143 Å². The number of nitrogens with zero attached hydrogens (tertiary/aromatic N) is 1. The Kier molecular flexibility index (Phi) is 5.56. The molecule has 1 aromatic heterocycles.